The number of halogens is 6. The van der Waals surface area contributed by atoms with E-state index in [4.69, 9.17) is 0 Å². The van der Waals surface area contributed by atoms with E-state index in [1.807, 2.05) is 0 Å². The molecule has 80 valence electrons. The summed E-state index contributed by atoms with van der Waals surface area (Å²) in [5.74, 6) is -3.17. The van der Waals surface area contributed by atoms with Crippen LogP contribution in [0.3, 0.4) is 0 Å². The predicted molar refractivity (Wildman–Crippen MR) is 35.1 cm³/mol. The Morgan fingerprint density at radius 3 is 1.54 bits per heavy atom. The van der Waals surface area contributed by atoms with E-state index in [1.165, 1.54) is 0 Å². The smallest absolute Gasteiger partial charge is 0.170 e. The normalized spacial score (nSPS) is 13.8. The molecule has 0 heterocycles. The van der Waals surface area contributed by atoms with Gasteiger partial charge in [0.2, 0.25) is 0 Å². The molecule has 13 heavy (non-hydrogen) atoms. The number of unbranched alkanes of at least 4 members (excludes halogenated alkanes) is 1. The maximum atomic E-state index is 11.8. The summed E-state index contributed by atoms with van der Waals surface area (Å²) >= 11 is 0. The van der Waals surface area contributed by atoms with Crippen molar-refractivity contribution in [2.24, 2.45) is 5.92 Å². The van der Waals surface area contributed by atoms with E-state index in [0.717, 1.165) is 0 Å². The quantitative estimate of drug-likeness (QED) is 0.616. The summed E-state index contributed by atoms with van der Waals surface area (Å²) in [6.07, 6.45) is -11.0. The molecule has 0 N–H and O–H groups in total. The van der Waals surface area contributed by atoms with Crippen molar-refractivity contribution in [2.45, 2.75) is 38.5 Å². The van der Waals surface area contributed by atoms with Gasteiger partial charge in [0.1, 0.15) is 0 Å². The first kappa shape index (κ1) is 12.6. The van der Waals surface area contributed by atoms with Crippen LogP contribution in [0.2, 0.25) is 0 Å². The molecule has 0 spiro atoms. The van der Waals surface area contributed by atoms with Crippen molar-refractivity contribution in [1.29, 1.82) is 0 Å². The third-order valence-corrected chi connectivity index (χ3v) is 1.64. The zero-order valence-electron chi connectivity index (χ0n) is 6.97. The fraction of sp³-hybridized carbons (Fsp3) is 1.00. The summed E-state index contributed by atoms with van der Waals surface area (Å²) in [6.45, 7) is 1.55. The largest absolute Gasteiger partial charge is 0.400 e. The molecule has 0 radical (unpaired) electrons. The molecule has 0 saturated heterocycles. The Hall–Kier alpha value is -0.420. The summed E-state index contributed by atoms with van der Waals surface area (Å²) in [5.41, 5.74) is 0. The Bertz CT molecular complexity index is 130. The minimum absolute atomic E-state index is 0.0658. The van der Waals surface area contributed by atoms with Gasteiger partial charge < -0.3 is 0 Å². The van der Waals surface area contributed by atoms with Crippen molar-refractivity contribution in [3.05, 3.63) is 0 Å². The van der Waals surface area contributed by atoms with E-state index in [9.17, 15) is 26.3 Å². The molecule has 0 aromatic rings. The van der Waals surface area contributed by atoms with Crippen LogP contribution in [0.5, 0.6) is 0 Å². The Kier molecular flexibility index (Phi) is 4.06. The fourth-order valence-electron chi connectivity index (χ4n) is 0.921. The Labute approximate surface area is 71.9 Å². The van der Waals surface area contributed by atoms with Crippen LogP contribution in [-0.4, -0.2) is 12.4 Å². The lowest BCUT2D eigenvalue weighted by molar-refractivity contribution is -0.285. The minimum atomic E-state index is -5.17. The van der Waals surface area contributed by atoms with Crippen LogP contribution < -0.4 is 0 Å². The van der Waals surface area contributed by atoms with Gasteiger partial charge >= 0.3 is 12.4 Å². The third-order valence-electron chi connectivity index (χ3n) is 1.64. The summed E-state index contributed by atoms with van der Waals surface area (Å²) in [4.78, 5) is 0. The van der Waals surface area contributed by atoms with Crippen LogP contribution in [-0.2, 0) is 0 Å². The van der Waals surface area contributed by atoms with Gasteiger partial charge in [-0.3, -0.25) is 0 Å². The third kappa shape index (κ3) is 4.38. The van der Waals surface area contributed by atoms with E-state index in [-0.39, 0.29) is 6.42 Å². The van der Waals surface area contributed by atoms with Gasteiger partial charge in [-0.05, 0) is 6.42 Å². The van der Waals surface area contributed by atoms with Crippen molar-refractivity contribution < 1.29 is 26.3 Å². The zero-order valence-corrected chi connectivity index (χ0v) is 6.97. The molecule has 0 unspecified atom stereocenters. The second-order valence-electron chi connectivity index (χ2n) is 2.78. The molecule has 0 fully saturated rings. The van der Waals surface area contributed by atoms with Gasteiger partial charge in [0, 0.05) is 0 Å². The number of alkyl halides is 6. The molecule has 0 bridgehead atoms. The van der Waals surface area contributed by atoms with Gasteiger partial charge in [-0.1, -0.05) is 19.8 Å². The van der Waals surface area contributed by atoms with Crippen LogP contribution in [0, 0.1) is 5.92 Å². The van der Waals surface area contributed by atoms with Crippen LogP contribution in [0.25, 0.3) is 0 Å². The lowest BCUT2D eigenvalue weighted by Gasteiger charge is -2.22. The second-order valence-corrected chi connectivity index (χ2v) is 2.78. The average Bonchev–Trinajstić information content (AvgIpc) is 1.81. The number of hydrogen-bond acceptors (Lipinski definition) is 0. The predicted octanol–water partition coefficient (Wildman–Crippen LogP) is 3.92. The molecule has 0 aliphatic carbocycles. The molecule has 0 amide bonds. The Balaban J connectivity index is 4.39. The maximum Gasteiger partial charge on any atom is 0.400 e. The van der Waals surface area contributed by atoms with E-state index in [2.05, 4.69) is 0 Å². The molecule has 0 aliphatic heterocycles. The fourth-order valence-corrected chi connectivity index (χ4v) is 0.921. The molecule has 0 atom stereocenters. The van der Waals surface area contributed by atoms with Crippen molar-refractivity contribution in [1.82, 2.24) is 0 Å². The molecule has 0 aromatic carbocycles. The van der Waals surface area contributed by atoms with Gasteiger partial charge in [-0.2, -0.15) is 26.3 Å². The molecule has 0 aliphatic rings. The lowest BCUT2D eigenvalue weighted by atomic mass is 10.0. The van der Waals surface area contributed by atoms with Crippen molar-refractivity contribution in [3.8, 4) is 0 Å². The van der Waals surface area contributed by atoms with Crippen LogP contribution in [0.4, 0.5) is 26.3 Å². The van der Waals surface area contributed by atoms with Crippen LogP contribution in [0.15, 0.2) is 0 Å². The summed E-state index contributed by atoms with van der Waals surface area (Å²) in [5, 5.41) is 0. The number of hydrogen-bond donors (Lipinski definition) is 0. The monoisotopic (exact) mass is 208 g/mol. The van der Waals surface area contributed by atoms with Gasteiger partial charge in [0.25, 0.3) is 0 Å². The van der Waals surface area contributed by atoms with Crippen molar-refractivity contribution in [2.75, 3.05) is 0 Å². The summed E-state index contributed by atoms with van der Waals surface area (Å²) < 4.78 is 70.9. The van der Waals surface area contributed by atoms with Gasteiger partial charge in [0.05, 0.1) is 0 Å². The highest BCUT2D eigenvalue weighted by molar-refractivity contribution is 4.74. The topological polar surface area (TPSA) is 0 Å². The van der Waals surface area contributed by atoms with Gasteiger partial charge in [-0.25, -0.2) is 0 Å². The second kappa shape index (κ2) is 4.19. The molecule has 0 saturated carbocycles. The van der Waals surface area contributed by atoms with Crippen molar-refractivity contribution >= 4 is 0 Å². The van der Waals surface area contributed by atoms with Crippen LogP contribution in [0.1, 0.15) is 26.2 Å². The van der Waals surface area contributed by atoms with E-state index in [1.54, 1.807) is 6.92 Å². The van der Waals surface area contributed by atoms with Gasteiger partial charge in [-0.15, -0.1) is 0 Å². The first-order valence-electron chi connectivity index (χ1n) is 3.83. The number of rotatable bonds is 3. The SMILES string of the molecule is CCCCC(C(F)(F)F)C(F)(F)F. The van der Waals surface area contributed by atoms with E-state index in [0.29, 0.717) is 6.42 Å². The molecular formula is C7H10F6. The standard InChI is InChI=1S/C7H10F6/c1-2-3-4-5(6(8,9)10)7(11,12)13/h5H,2-4H2,1H3. The lowest BCUT2D eigenvalue weighted by Crippen LogP contribution is -2.36. The Morgan fingerprint density at radius 2 is 1.31 bits per heavy atom. The van der Waals surface area contributed by atoms with Crippen LogP contribution >= 0.6 is 0 Å². The van der Waals surface area contributed by atoms with Crippen molar-refractivity contribution in [3.63, 3.8) is 0 Å². The molecule has 0 aromatic heterocycles. The first-order valence-corrected chi connectivity index (χ1v) is 3.83. The maximum absolute atomic E-state index is 11.8. The highest BCUT2D eigenvalue weighted by Gasteiger charge is 2.55. The van der Waals surface area contributed by atoms with Gasteiger partial charge in [0.15, 0.2) is 5.92 Å². The highest BCUT2D eigenvalue weighted by Crippen LogP contribution is 2.41. The highest BCUT2D eigenvalue weighted by atomic mass is 19.4. The zero-order chi connectivity index (χ0) is 10.7. The molecule has 0 nitrogen and oxygen atoms in total. The summed E-state index contributed by atoms with van der Waals surface area (Å²) in [6, 6.07) is 0. The van der Waals surface area contributed by atoms with E-state index < -0.39 is 24.7 Å². The minimum Gasteiger partial charge on any atom is -0.170 e. The van der Waals surface area contributed by atoms with E-state index >= 15 is 0 Å². The molecule has 0 rings (SSSR count). The molecular weight excluding hydrogens is 198 g/mol. The molecule has 6 heteroatoms. The Morgan fingerprint density at radius 1 is 0.923 bits per heavy atom. The first-order chi connectivity index (χ1) is 5.69. The average molecular weight is 208 g/mol. The summed E-state index contributed by atoms with van der Waals surface area (Å²) in [7, 11) is 0.